The smallest absolute Gasteiger partial charge is 0.191 e. The molecule has 28 heavy (non-hydrogen) atoms. The summed E-state index contributed by atoms with van der Waals surface area (Å²) in [5.41, 5.74) is 2.38. The average Bonchev–Trinajstić information content (AvgIpc) is 2.72. The molecule has 0 aliphatic carbocycles. The summed E-state index contributed by atoms with van der Waals surface area (Å²) in [6.07, 6.45) is 0. The Morgan fingerprint density at radius 1 is 1.00 bits per heavy atom. The minimum Gasteiger partial charge on any atom is -0.377 e. The zero-order valence-corrected chi connectivity index (χ0v) is 18.4. The van der Waals surface area contributed by atoms with Crippen LogP contribution in [0.3, 0.4) is 0 Å². The molecule has 1 saturated heterocycles. The van der Waals surface area contributed by atoms with Crippen molar-refractivity contribution in [3.8, 4) is 0 Å². The van der Waals surface area contributed by atoms with Gasteiger partial charge in [-0.25, -0.2) is 4.99 Å². The molecule has 6 nitrogen and oxygen atoms in total. The summed E-state index contributed by atoms with van der Waals surface area (Å²) in [5, 5.41) is 6.66. The molecule has 6 heteroatoms. The number of ether oxygens (including phenoxy) is 1. The van der Waals surface area contributed by atoms with Crippen molar-refractivity contribution in [2.24, 2.45) is 4.99 Å². The van der Waals surface area contributed by atoms with Gasteiger partial charge in [0.1, 0.15) is 0 Å². The highest BCUT2D eigenvalue weighted by molar-refractivity contribution is 5.79. The SMILES string of the molecule is CCNC(=NCc1ccc(CN2CCN(CC)CC2)cc1)NCC(C)(C)OC. The van der Waals surface area contributed by atoms with Crippen molar-refractivity contribution in [1.29, 1.82) is 0 Å². The number of piperazine rings is 1. The molecule has 1 aromatic rings. The molecule has 0 aromatic heterocycles. The first kappa shape index (κ1) is 22.7. The first-order valence-corrected chi connectivity index (χ1v) is 10.6. The Balaban J connectivity index is 1.85. The minimum absolute atomic E-state index is 0.222. The van der Waals surface area contributed by atoms with Crippen molar-refractivity contribution in [3.63, 3.8) is 0 Å². The van der Waals surface area contributed by atoms with Crippen molar-refractivity contribution >= 4 is 5.96 Å². The number of hydrogen-bond donors (Lipinski definition) is 2. The normalized spacial score (nSPS) is 17.0. The van der Waals surface area contributed by atoms with E-state index in [1.807, 2.05) is 0 Å². The quantitative estimate of drug-likeness (QED) is 0.501. The van der Waals surface area contributed by atoms with Gasteiger partial charge in [-0.1, -0.05) is 31.2 Å². The maximum atomic E-state index is 5.46. The van der Waals surface area contributed by atoms with Crippen molar-refractivity contribution in [1.82, 2.24) is 20.4 Å². The van der Waals surface area contributed by atoms with Crippen LogP contribution >= 0.6 is 0 Å². The van der Waals surface area contributed by atoms with E-state index < -0.39 is 0 Å². The van der Waals surface area contributed by atoms with Gasteiger partial charge in [0.05, 0.1) is 12.1 Å². The summed E-state index contributed by atoms with van der Waals surface area (Å²) < 4.78 is 5.46. The number of rotatable bonds is 9. The molecule has 158 valence electrons. The third-order valence-electron chi connectivity index (χ3n) is 5.34. The summed E-state index contributed by atoms with van der Waals surface area (Å²) in [6.45, 7) is 17.5. The number of aliphatic imine (C=N–C) groups is 1. The van der Waals surface area contributed by atoms with Crippen molar-refractivity contribution in [2.45, 2.75) is 46.4 Å². The lowest BCUT2D eigenvalue weighted by atomic mass is 10.1. The number of benzene rings is 1. The summed E-state index contributed by atoms with van der Waals surface area (Å²) in [7, 11) is 1.73. The highest BCUT2D eigenvalue weighted by atomic mass is 16.5. The zero-order chi connectivity index (χ0) is 20.4. The molecule has 0 bridgehead atoms. The Hall–Kier alpha value is -1.63. The van der Waals surface area contributed by atoms with Gasteiger partial charge in [-0.3, -0.25) is 4.90 Å². The van der Waals surface area contributed by atoms with E-state index >= 15 is 0 Å². The van der Waals surface area contributed by atoms with Gasteiger partial charge in [0, 0.05) is 52.9 Å². The van der Waals surface area contributed by atoms with Gasteiger partial charge in [-0.05, 0) is 38.4 Å². The van der Waals surface area contributed by atoms with Gasteiger partial charge in [0.25, 0.3) is 0 Å². The molecule has 0 spiro atoms. The van der Waals surface area contributed by atoms with Gasteiger partial charge >= 0.3 is 0 Å². The third kappa shape index (κ3) is 7.78. The molecule has 1 aliphatic heterocycles. The molecule has 0 saturated carbocycles. The van der Waals surface area contributed by atoms with Gasteiger partial charge in [0.2, 0.25) is 0 Å². The standard InChI is InChI=1S/C22H39N5O/c1-6-23-21(25-18-22(3,4)28-5)24-16-19-8-10-20(11-9-19)17-27-14-12-26(7-2)13-15-27/h8-11H,6-7,12-18H2,1-5H3,(H2,23,24,25). The molecule has 0 atom stereocenters. The van der Waals surface area contributed by atoms with E-state index in [1.54, 1.807) is 7.11 Å². The second-order valence-electron chi connectivity index (χ2n) is 8.04. The number of guanidine groups is 1. The Bertz CT molecular complexity index is 591. The van der Waals surface area contributed by atoms with Crippen LogP contribution in [0.25, 0.3) is 0 Å². The van der Waals surface area contributed by atoms with E-state index in [2.05, 4.69) is 72.4 Å². The van der Waals surface area contributed by atoms with Crippen LogP contribution in [-0.2, 0) is 17.8 Å². The fourth-order valence-electron chi connectivity index (χ4n) is 3.15. The Labute approximate surface area is 171 Å². The van der Waals surface area contributed by atoms with Gasteiger partial charge < -0.3 is 20.3 Å². The molecule has 1 aliphatic rings. The Morgan fingerprint density at radius 3 is 2.18 bits per heavy atom. The first-order valence-electron chi connectivity index (χ1n) is 10.6. The largest absolute Gasteiger partial charge is 0.377 e. The second-order valence-corrected chi connectivity index (χ2v) is 8.04. The molecule has 0 radical (unpaired) electrons. The molecule has 0 amide bonds. The molecule has 2 N–H and O–H groups in total. The number of nitrogens with one attached hydrogen (secondary N) is 2. The summed E-state index contributed by atoms with van der Waals surface area (Å²) in [4.78, 5) is 9.77. The third-order valence-corrected chi connectivity index (χ3v) is 5.34. The summed E-state index contributed by atoms with van der Waals surface area (Å²) >= 11 is 0. The Kier molecular flexibility index (Phi) is 9.22. The molecule has 1 aromatic carbocycles. The Morgan fingerprint density at radius 2 is 1.61 bits per heavy atom. The average molecular weight is 390 g/mol. The molecule has 1 heterocycles. The van der Waals surface area contributed by atoms with Crippen LogP contribution in [0.4, 0.5) is 0 Å². The molecular weight excluding hydrogens is 350 g/mol. The van der Waals surface area contributed by atoms with Crippen LogP contribution in [0.2, 0.25) is 0 Å². The number of hydrogen-bond acceptors (Lipinski definition) is 4. The van der Waals surface area contributed by atoms with Crippen LogP contribution in [0, 0.1) is 0 Å². The van der Waals surface area contributed by atoms with E-state index in [1.165, 1.54) is 24.2 Å². The van der Waals surface area contributed by atoms with Gasteiger partial charge in [0.15, 0.2) is 5.96 Å². The molecule has 1 fully saturated rings. The molecule has 2 rings (SSSR count). The van der Waals surface area contributed by atoms with E-state index in [4.69, 9.17) is 9.73 Å². The van der Waals surface area contributed by atoms with Crippen molar-refractivity contribution in [3.05, 3.63) is 35.4 Å². The predicted octanol–water partition coefficient (Wildman–Crippen LogP) is 2.30. The zero-order valence-electron chi connectivity index (χ0n) is 18.4. The minimum atomic E-state index is -0.222. The topological polar surface area (TPSA) is 52.1 Å². The first-order chi connectivity index (χ1) is 13.5. The lowest BCUT2D eigenvalue weighted by molar-refractivity contribution is 0.0268. The van der Waals surface area contributed by atoms with E-state index in [-0.39, 0.29) is 5.60 Å². The monoisotopic (exact) mass is 389 g/mol. The van der Waals surface area contributed by atoms with E-state index in [0.29, 0.717) is 13.1 Å². The maximum absolute atomic E-state index is 5.46. The fourth-order valence-corrected chi connectivity index (χ4v) is 3.15. The lowest BCUT2D eigenvalue weighted by Crippen LogP contribution is -2.45. The lowest BCUT2D eigenvalue weighted by Gasteiger charge is -2.34. The van der Waals surface area contributed by atoms with Crippen LogP contribution in [0.1, 0.15) is 38.8 Å². The highest BCUT2D eigenvalue weighted by Gasteiger charge is 2.17. The fraction of sp³-hybridized carbons (Fsp3) is 0.682. The summed E-state index contributed by atoms with van der Waals surface area (Å²) in [5.74, 6) is 0.825. The van der Waals surface area contributed by atoms with Crippen LogP contribution in [-0.4, -0.2) is 74.3 Å². The van der Waals surface area contributed by atoms with Gasteiger partial charge in [-0.15, -0.1) is 0 Å². The van der Waals surface area contributed by atoms with Gasteiger partial charge in [-0.2, -0.15) is 0 Å². The maximum Gasteiger partial charge on any atom is 0.191 e. The summed E-state index contributed by atoms with van der Waals surface area (Å²) in [6, 6.07) is 8.88. The second kappa shape index (κ2) is 11.4. The van der Waals surface area contributed by atoms with Crippen molar-refractivity contribution in [2.75, 3.05) is 52.9 Å². The van der Waals surface area contributed by atoms with E-state index in [0.717, 1.165) is 38.7 Å². The van der Waals surface area contributed by atoms with E-state index in [9.17, 15) is 0 Å². The molecular formula is C22H39N5O. The van der Waals surface area contributed by atoms with Crippen molar-refractivity contribution < 1.29 is 4.74 Å². The van der Waals surface area contributed by atoms with Crippen LogP contribution in [0.15, 0.2) is 29.3 Å². The number of nitrogens with zero attached hydrogens (tertiary/aromatic N) is 3. The van der Waals surface area contributed by atoms with Crippen LogP contribution in [0.5, 0.6) is 0 Å². The predicted molar refractivity (Wildman–Crippen MR) is 118 cm³/mol. The number of likely N-dealkylation sites (N-methyl/N-ethyl adjacent to an activating group) is 1. The number of methoxy groups -OCH3 is 1. The highest BCUT2D eigenvalue weighted by Crippen LogP contribution is 2.11. The van der Waals surface area contributed by atoms with Crippen LogP contribution < -0.4 is 10.6 Å². The molecule has 0 unspecified atom stereocenters.